The number of carbonyl (C=O) groups is 1. The maximum atomic E-state index is 12.0. The molecule has 0 radical (unpaired) electrons. The molecule has 1 amide bonds. The monoisotopic (exact) mass is 337 g/mol. The lowest BCUT2D eigenvalue weighted by molar-refractivity contribution is -0.118. The zero-order valence-corrected chi connectivity index (χ0v) is 13.5. The first-order valence-corrected chi connectivity index (χ1v) is 7.02. The summed E-state index contributed by atoms with van der Waals surface area (Å²) < 4.78 is 0. The van der Waals surface area contributed by atoms with Gasteiger partial charge in [-0.25, -0.2) is 0 Å². The van der Waals surface area contributed by atoms with Gasteiger partial charge in [-0.15, -0.1) is 12.4 Å². The van der Waals surface area contributed by atoms with Gasteiger partial charge in [-0.2, -0.15) is 0 Å². The Morgan fingerprint density at radius 3 is 2.70 bits per heavy atom. The lowest BCUT2D eigenvalue weighted by Crippen LogP contribution is -2.52. The van der Waals surface area contributed by atoms with Crippen LogP contribution in [0.2, 0.25) is 10.0 Å². The molecule has 0 aromatic heterocycles. The maximum absolute atomic E-state index is 12.0. The van der Waals surface area contributed by atoms with Gasteiger partial charge in [0.25, 0.3) is 0 Å². The van der Waals surface area contributed by atoms with Gasteiger partial charge in [-0.1, -0.05) is 29.3 Å². The van der Waals surface area contributed by atoms with E-state index in [2.05, 4.69) is 22.5 Å². The van der Waals surface area contributed by atoms with Crippen molar-refractivity contribution < 1.29 is 4.79 Å². The van der Waals surface area contributed by atoms with Gasteiger partial charge >= 0.3 is 0 Å². The zero-order valence-electron chi connectivity index (χ0n) is 11.2. The summed E-state index contributed by atoms with van der Waals surface area (Å²) in [6, 6.07) is 5.51. The number of anilines is 1. The van der Waals surface area contributed by atoms with Gasteiger partial charge in [-0.05, 0) is 19.1 Å². The largest absolute Gasteiger partial charge is 0.322 e. The van der Waals surface area contributed by atoms with Crippen molar-refractivity contribution in [1.29, 1.82) is 0 Å². The van der Waals surface area contributed by atoms with Crippen LogP contribution >= 0.6 is 35.6 Å². The first kappa shape index (κ1) is 17.5. The third-order valence-corrected chi connectivity index (χ3v) is 3.84. The Morgan fingerprint density at radius 2 is 2.10 bits per heavy atom. The van der Waals surface area contributed by atoms with Crippen molar-refractivity contribution in [2.24, 2.45) is 0 Å². The van der Waals surface area contributed by atoms with E-state index in [1.54, 1.807) is 18.2 Å². The van der Waals surface area contributed by atoms with Crippen LogP contribution in [0.1, 0.15) is 6.92 Å². The first-order chi connectivity index (χ1) is 9.08. The van der Waals surface area contributed by atoms with E-state index in [4.69, 9.17) is 23.2 Å². The van der Waals surface area contributed by atoms with Crippen LogP contribution in [0.15, 0.2) is 18.2 Å². The minimum absolute atomic E-state index is 0. The van der Waals surface area contributed by atoms with Crippen LogP contribution in [0.3, 0.4) is 0 Å². The van der Waals surface area contributed by atoms with E-state index in [1.807, 2.05) is 0 Å². The minimum atomic E-state index is -0.0937. The van der Waals surface area contributed by atoms with Crippen LogP contribution in [0.5, 0.6) is 0 Å². The summed E-state index contributed by atoms with van der Waals surface area (Å²) in [5.41, 5.74) is 0.485. The second kappa shape index (κ2) is 8.05. The number of piperazine rings is 1. The first-order valence-electron chi connectivity index (χ1n) is 6.26. The molecule has 4 nitrogen and oxygen atoms in total. The predicted octanol–water partition coefficient (Wildman–Crippen LogP) is 2.65. The van der Waals surface area contributed by atoms with E-state index in [-0.39, 0.29) is 18.3 Å². The SMILES string of the molecule is C[C@@H]1CNCCN1CC(=O)Nc1c(Cl)cccc1Cl.Cl. The number of para-hydroxylation sites is 1. The van der Waals surface area contributed by atoms with E-state index in [9.17, 15) is 4.79 Å². The number of hydrogen-bond donors (Lipinski definition) is 2. The topological polar surface area (TPSA) is 44.4 Å². The van der Waals surface area contributed by atoms with Gasteiger partial charge in [0, 0.05) is 25.7 Å². The molecule has 7 heteroatoms. The van der Waals surface area contributed by atoms with Crippen LogP contribution in [-0.4, -0.2) is 43.0 Å². The van der Waals surface area contributed by atoms with Gasteiger partial charge in [0.1, 0.15) is 0 Å². The fourth-order valence-electron chi connectivity index (χ4n) is 2.10. The summed E-state index contributed by atoms with van der Waals surface area (Å²) in [4.78, 5) is 14.2. The van der Waals surface area contributed by atoms with Crippen molar-refractivity contribution >= 4 is 47.2 Å². The second-order valence-electron chi connectivity index (χ2n) is 4.67. The molecule has 1 fully saturated rings. The number of nitrogens with one attached hydrogen (secondary N) is 2. The van der Waals surface area contributed by atoms with Crippen molar-refractivity contribution in [2.75, 3.05) is 31.5 Å². The number of benzene rings is 1. The van der Waals surface area contributed by atoms with E-state index in [0.717, 1.165) is 19.6 Å². The molecular weight excluding hydrogens is 321 g/mol. The molecule has 0 spiro atoms. The number of amides is 1. The quantitative estimate of drug-likeness (QED) is 0.890. The Bertz CT molecular complexity index is 450. The van der Waals surface area contributed by atoms with Gasteiger partial charge in [0.15, 0.2) is 0 Å². The molecule has 2 N–H and O–H groups in total. The van der Waals surface area contributed by atoms with Gasteiger partial charge < -0.3 is 10.6 Å². The number of rotatable bonds is 3. The van der Waals surface area contributed by atoms with E-state index in [0.29, 0.717) is 28.3 Å². The Hall–Kier alpha value is -0.520. The molecule has 1 aliphatic rings. The van der Waals surface area contributed by atoms with Crippen LogP contribution < -0.4 is 10.6 Å². The van der Waals surface area contributed by atoms with Crippen LogP contribution in [0.25, 0.3) is 0 Å². The molecule has 0 aliphatic carbocycles. The summed E-state index contributed by atoms with van der Waals surface area (Å²) in [7, 11) is 0. The average Bonchev–Trinajstić information content (AvgIpc) is 2.37. The number of nitrogens with zero attached hydrogens (tertiary/aromatic N) is 1. The van der Waals surface area contributed by atoms with Crippen LogP contribution in [0, 0.1) is 0 Å². The molecule has 1 heterocycles. The highest BCUT2D eigenvalue weighted by molar-refractivity contribution is 6.39. The highest BCUT2D eigenvalue weighted by atomic mass is 35.5. The Balaban J connectivity index is 0.00000200. The molecule has 1 aromatic rings. The normalized spacial score (nSPS) is 19.2. The fourth-order valence-corrected chi connectivity index (χ4v) is 2.59. The summed E-state index contributed by atoms with van der Waals surface area (Å²) >= 11 is 12.0. The Morgan fingerprint density at radius 1 is 1.45 bits per heavy atom. The summed E-state index contributed by atoms with van der Waals surface area (Å²) in [5, 5.41) is 6.98. The maximum Gasteiger partial charge on any atom is 0.238 e. The summed E-state index contributed by atoms with van der Waals surface area (Å²) in [6.45, 7) is 5.13. The molecule has 1 aliphatic heterocycles. The average molecular weight is 339 g/mol. The van der Waals surface area contributed by atoms with E-state index in [1.165, 1.54) is 0 Å². The van der Waals surface area contributed by atoms with E-state index >= 15 is 0 Å². The van der Waals surface area contributed by atoms with E-state index < -0.39 is 0 Å². The van der Waals surface area contributed by atoms with Crippen molar-refractivity contribution in [3.63, 3.8) is 0 Å². The molecule has 20 heavy (non-hydrogen) atoms. The molecular formula is C13H18Cl3N3O. The van der Waals surface area contributed by atoms with Gasteiger partial charge in [0.05, 0.1) is 22.3 Å². The van der Waals surface area contributed by atoms with Crippen molar-refractivity contribution in [3.05, 3.63) is 28.2 Å². The Labute approximate surface area is 135 Å². The van der Waals surface area contributed by atoms with Crippen LogP contribution in [-0.2, 0) is 4.79 Å². The van der Waals surface area contributed by atoms with Crippen LogP contribution in [0.4, 0.5) is 5.69 Å². The third-order valence-electron chi connectivity index (χ3n) is 3.21. The van der Waals surface area contributed by atoms with Crippen molar-refractivity contribution in [3.8, 4) is 0 Å². The zero-order chi connectivity index (χ0) is 13.8. The molecule has 0 bridgehead atoms. The fraction of sp³-hybridized carbons (Fsp3) is 0.462. The number of hydrogen-bond acceptors (Lipinski definition) is 3. The molecule has 112 valence electrons. The predicted molar refractivity (Wildman–Crippen MR) is 86.2 cm³/mol. The lowest BCUT2D eigenvalue weighted by Gasteiger charge is -2.33. The standard InChI is InChI=1S/C13H17Cl2N3O.ClH/c1-9-7-16-5-6-18(9)8-12(19)17-13-10(14)3-2-4-11(13)15;/h2-4,9,16H,5-8H2,1H3,(H,17,19);1H/t9-;/m1./s1. The molecule has 2 rings (SSSR count). The summed E-state index contributed by atoms with van der Waals surface area (Å²) in [6.07, 6.45) is 0. The summed E-state index contributed by atoms with van der Waals surface area (Å²) in [5.74, 6) is -0.0937. The number of carbonyl (C=O) groups excluding carboxylic acids is 1. The Kier molecular flexibility index (Phi) is 7.06. The molecule has 0 unspecified atom stereocenters. The number of halogens is 3. The van der Waals surface area contributed by atoms with Crippen molar-refractivity contribution in [2.45, 2.75) is 13.0 Å². The molecule has 1 saturated heterocycles. The van der Waals surface area contributed by atoms with Gasteiger partial charge in [-0.3, -0.25) is 9.69 Å². The van der Waals surface area contributed by atoms with Gasteiger partial charge in [0.2, 0.25) is 5.91 Å². The molecule has 1 atom stereocenters. The minimum Gasteiger partial charge on any atom is -0.322 e. The molecule has 0 saturated carbocycles. The highest BCUT2D eigenvalue weighted by Gasteiger charge is 2.20. The van der Waals surface area contributed by atoms with Crippen molar-refractivity contribution in [1.82, 2.24) is 10.2 Å². The lowest BCUT2D eigenvalue weighted by atomic mass is 10.2. The highest BCUT2D eigenvalue weighted by Crippen LogP contribution is 2.29. The smallest absolute Gasteiger partial charge is 0.238 e. The molecule has 1 aromatic carbocycles. The second-order valence-corrected chi connectivity index (χ2v) is 5.48. The third kappa shape index (κ3) is 4.50.